The molecule has 0 aliphatic rings. The monoisotopic (exact) mass is 341 g/mol. The van der Waals surface area contributed by atoms with Gasteiger partial charge in [-0.2, -0.15) is 0 Å². The fourth-order valence-electron chi connectivity index (χ4n) is 2.60. The molecule has 1 aromatic heterocycles. The van der Waals surface area contributed by atoms with Gasteiger partial charge in [-0.05, 0) is 23.8 Å². The van der Waals surface area contributed by atoms with Gasteiger partial charge >= 0.3 is 12.0 Å². The van der Waals surface area contributed by atoms with E-state index in [0.717, 1.165) is 16.5 Å². The number of carbonyl (C=O) groups is 2. The molecule has 0 bridgehead atoms. The molecule has 128 valence electrons. The molecule has 3 rings (SSSR count). The molecule has 0 fully saturated rings. The number of aromatic nitrogens is 1. The van der Waals surface area contributed by atoms with E-state index in [9.17, 15) is 19.1 Å². The Bertz CT molecular complexity index is 923. The van der Waals surface area contributed by atoms with Gasteiger partial charge in [-0.15, -0.1) is 0 Å². The van der Waals surface area contributed by atoms with Gasteiger partial charge in [0, 0.05) is 23.5 Å². The van der Waals surface area contributed by atoms with E-state index in [1.54, 1.807) is 12.3 Å². The van der Waals surface area contributed by atoms with Crippen LogP contribution in [0.1, 0.15) is 5.56 Å². The van der Waals surface area contributed by atoms with Crippen molar-refractivity contribution in [2.24, 2.45) is 0 Å². The third kappa shape index (κ3) is 3.77. The molecule has 0 spiro atoms. The molecule has 4 N–H and O–H groups in total. The van der Waals surface area contributed by atoms with E-state index in [4.69, 9.17) is 0 Å². The maximum absolute atomic E-state index is 13.6. The number of hydrogen-bond donors (Lipinski definition) is 4. The molecule has 7 heteroatoms. The number of nitrogens with one attached hydrogen (secondary N) is 3. The van der Waals surface area contributed by atoms with Crippen LogP contribution in [-0.2, 0) is 11.2 Å². The van der Waals surface area contributed by atoms with Crippen molar-refractivity contribution in [3.8, 4) is 0 Å². The summed E-state index contributed by atoms with van der Waals surface area (Å²) in [6.45, 7) is 0. The van der Waals surface area contributed by atoms with Crippen LogP contribution in [0.15, 0.2) is 54.7 Å². The Morgan fingerprint density at radius 2 is 1.84 bits per heavy atom. The second-order valence-corrected chi connectivity index (χ2v) is 5.53. The zero-order valence-electron chi connectivity index (χ0n) is 13.1. The number of carbonyl (C=O) groups excluding carboxylic acids is 1. The molecule has 1 heterocycles. The van der Waals surface area contributed by atoms with Crippen molar-refractivity contribution in [3.63, 3.8) is 0 Å². The number of para-hydroxylation sites is 2. The zero-order valence-corrected chi connectivity index (χ0v) is 13.1. The molecule has 3 aromatic rings. The third-order valence-corrected chi connectivity index (χ3v) is 3.82. The maximum atomic E-state index is 13.6. The SMILES string of the molecule is O=C(Nc1ccccc1F)N[C@@H](Cc1c[nH]c2ccccc12)C(=O)O. The minimum absolute atomic E-state index is 0.0174. The quantitative estimate of drug-likeness (QED) is 0.574. The molecule has 1 atom stereocenters. The average molecular weight is 341 g/mol. The Kier molecular flexibility index (Phi) is 4.65. The number of benzene rings is 2. The van der Waals surface area contributed by atoms with Crippen LogP contribution < -0.4 is 10.6 Å². The molecular formula is C18H16FN3O3. The molecule has 0 aliphatic carbocycles. The normalized spacial score (nSPS) is 11.9. The van der Waals surface area contributed by atoms with Crippen LogP contribution in [0.3, 0.4) is 0 Å². The Hall–Kier alpha value is -3.35. The lowest BCUT2D eigenvalue weighted by molar-refractivity contribution is -0.139. The number of rotatable bonds is 5. The lowest BCUT2D eigenvalue weighted by Crippen LogP contribution is -2.44. The van der Waals surface area contributed by atoms with Gasteiger partial charge in [-0.3, -0.25) is 0 Å². The van der Waals surface area contributed by atoms with E-state index in [-0.39, 0.29) is 12.1 Å². The summed E-state index contributed by atoms with van der Waals surface area (Å²) >= 11 is 0. The van der Waals surface area contributed by atoms with Gasteiger partial charge in [0.1, 0.15) is 11.9 Å². The van der Waals surface area contributed by atoms with Crippen LogP contribution in [0.4, 0.5) is 14.9 Å². The number of aromatic amines is 1. The van der Waals surface area contributed by atoms with E-state index in [2.05, 4.69) is 15.6 Å². The first kappa shape index (κ1) is 16.5. The van der Waals surface area contributed by atoms with E-state index < -0.39 is 23.9 Å². The van der Waals surface area contributed by atoms with Crippen LogP contribution in [0.5, 0.6) is 0 Å². The van der Waals surface area contributed by atoms with E-state index in [0.29, 0.717) is 0 Å². The van der Waals surface area contributed by atoms with Gasteiger partial charge in [-0.1, -0.05) is 30.3 Å². The molecule has 6 nitrogen and oxygen atoms in total. The number of halogens is 1. The van der Waals surface area contributed by atoms with Crippen molar-refractivity contribution >= 4 is 28.6 Å². The van der Waals surface area contributed by atoms with Crippen LogP contribution in [0.25, 0.3) is 10.9 Å². The minimum atomic E-state index is -1.17. The molecular weight excluding hydrogens is 325 g/mol. The van der Waals surface area contributed by atoms with Crippen molar-refractivity contribution in [2.75, 3.05) is 5.32 Å². The molecule has 25 heavy (non-hydrogen) atoms. The van der Waals surface area contributed by atoms with Crippen molar-refractivity contribution in [2.45, 2.75) is 12.5 Å². The van der Waals surface area contributed by atoms with E-state index in [1.165, 1.54) is 18.2 Å². The fourth-order valence-corrected chi connectivity index (χ4v) is 2.60. The first-order chi connectivity index (χ1) is 12.0. The van der Waals surface area contributed by atoms with Gasteiger partial charge in [-0.25, -0.2) is 14.0 Å². The van der Waals surface area contributed by atoms with Crippen molar-refractivity contribution in [3.05, 3.63) is 66.1 Å². The molecule has 2 aromatic carbocycles. The summed E-state index contributed by atoms with van der Waals surface area (Å²) < 4.78 is 13.6. The number of carboxylic acids is 1. The van der Waals surface area contributed by atoms with Crippen LogP contribution >= 0.6 is 0 Å². The molecule has 0 aliphatic heterocycles. The molecule has 0 radical (unpaired) electrons. The highest BCUT2D eigenvalue weighted by atomic mass is 19.1. The number of hydrogen-bond acceptors (Lipinski definition) is 2. The minimum Gasteiger partial charge on any atom is -0.480 e. The lowest BCUT2D eigenvalue weighted by atomic mass is 10.1. The zero-order chi connectivity index (χ0) is 17.8. The largest absolute Gasteiger partial charge is 0.480 e. The highest BCUT2D eigenvalue weighted by Gasteiger charge is 2.22. The number of aliphatic carboxylic acids is 1. The Labute approximate surface area is 142 Å². The summed E-state index contributed by atoms with van der Waals surface area (Å²) in [5.74, 6) is -1.77. The third-order valence-electron chi connectivity index (χ3n) is 3.82. The number of carboxylic acid groups (broad SMARTS) is 1. The van der Waals surface area contributed by atoms with Crippen molar-refractivity contribution in [1.29, 1.82) is 0 Å². The summed E-state index contributed by atoms with van der Waals surface area (Å²) in [6.07, 6.45) is 1.82. The number of urea groups is 1. The second-order valence-electron chi connectivity index (χ2n) is 5.53. The van der Waals surface area contributed by atoms with Crippen LogP contribution in [-0.4, -0.2) is 28.1 Å². The second kappa shape index (κ2) is 7.04. The molecule has 0 saturated heterocycles. The summed E-state index contributed by atoms with van der Waals surface area (Å²) in [6, 6.07) is 11.2. The standard InChI is InChI=1S/C18H16FN3O3/c19-13-6-2-4-8-15(13)21-18(25)22-16(17(23)24)9-11-10-20-14-7-3-1-5-12(11)14/h1-8,10,16,20H,9H2,(H,23,24)(H2,21,22,25)/t16-/m0/s1. The number of amides is 2. The summed E-state index contributed by atoms with van der Waals surface area (Å²) in [7, 11) is 0. The highest BCUT2D eigenvalue weighted by molar-refractivity contribution is 5.93. The Morgan fingerprint density at radius 1 is 1.12 bits per heavy atom. The molecule has 0 unspecified atom stereocenters. The van der Waals surface area contributed by atoms with E-state index in [1.807, 2.05) is 24.3 Å². The van der Waals surface area contributed by atoms with Gasteiger partial charge in [0.15, 0.2) is 0 Å². The van der Waals surface area contributed by atoms with Gasteiger partial charge in [0.2, 0.25) is 0 Å². The van der Waals surface area contributed by atoms with Crippen molar-refractivity contribution < 1.29 is 19.1 Å². The Morgan fingerprint density at radius 3 is 2.60 bits per heavy atom. The van der Waals surface area contributed by atoms with Gasteiger partial charge in [0.05, 0.1) is 5.69 Å². The lowest BCUT2D eigenvalue weighted by Gasteiger charge is -2.15. The first-order valence-electron chi connectivity index (χ1n) is 7.64. The van der Waals surface area contributed by atoms with Gasteiger partial charge < -0.3 is 20.7 Å². The fraction of sp³-hybridized carbons (Fsp3) is 0.111. The Balaban J connectivity index is 1.72. The molecule has 0 saturated carbocycles. The first-order valence-corrected chi connectivity index (χ1v) is 7.64. The summed E-state index contributed by atoms with van der Waals surface area (Å²) in [5.41, 5.74) is 1.64. The van der Waals surface area contributed by atoms with E-state index >= 15 is 0 Å². The summed E-state index contributed by atoms with van der Waals surface area (Å²) in [5, 5.41) is 15.0. The highest BCUT2D eigenvalue weighted by Crippen LogP contribution is 2.19. The number of anilines is 1. The maximum Gasteiger partial charge on any atom is 0.326 e. The average Bonchev–Trinajstić information content (AvgIpc) is 2.99. The van der Waals surface area contributed by atoms with Crippen molar-refractivity contribution in [1.82, 2.24) is 10.3 Å². The van der Waals surface area contributed by atoms with Gasteiger partial charge in [0.25, 0.3) is 0 Å². The summed E-state index contributed by atoms with van der Waals surface area (Å²) in [4.78, 5) is 26.6. The topological polar surface area (TPSA) is 94.2 Å². The predicted octanol–water partition coefficient (Wildman–Crippen LogP) is 3.12. The number of fused-ring (bicyclic) bond motifs is 1. The van der Waals surface area contributed by atoms with Crippen LogP contribution in [0.2, 0.25) is 0 Å². The van der Waals surface area contributed by atoms with Crippen LogP contribution in [0, 0.1) is 5.82 Å². The predicted molar refractivity (Wildman–Crippen MR) is 92.0 cm³/mol. The molecule has 2 amide bonds. The number of H-pyrrole nitrogens is 1. The smallest absolute Gasteiger partial charge is 0.326 e.